The number of benzene rings is 3. The van der Waals surface area contributed by atoms with E-state index in [2.05, 4.69) is 20.8 Å². The quantitative estimate of drug-likeness (QED) is 0.425. The molecule has 1 aliphatic carbocycles. The van der Waals surface area contributed by atoms with E-state index in [0.29, 0.717) is 23.0 Å². The van der Waals surface area contributed by atoms with E-state index in [1.165, 1.54) is 0 Å². The van der Waals surface area contributed by atoms with Gasteiger partial charge in [0.25, 0.3) is 5.91 Å². The van der Waals surface area contributed by atoms with Crippen molar-refractivity contribution in [2.24, 2.45) is 5.92 Å². The molecule has 5 rings (SSSR count). The first kappa shape index (κ1) is 20.6. The fraction of sp³-hybridized carbons (Fsp3) is 0.154. The maximum atomic E-state index is 12.6. The summed E-state index contributed by atoms with van der Waals surface area (Å²) in [5, 5.41) is 14.0. The Morgan fingerprint density at radius 2 is 1.45 bits per heavy atom. The number of aromatic nitrogens is 2. The number of carbonyl (C=O) groups is 2. The Balaban J connectivity index is 1.23. The molecule has 1 heterocycles. The Morgan fingerprint density at radius 1 is 0.818 bits per heavy atom. The van der Waals surface area contributed by atoms with E-state index >= 15 is 0 Å². The Hall–Kier alpha value is -4.26. The fourth-order valence-corrected chi connectivity index (χ4v) is 3.43. The van der Waals surface area contributed by atoms with Crippen molar-refractivity contribution in [2.75, 3.05) is 10.6 Å². The van der Waals surface area contributed by atoms with Gasteiger partial charge in [-0.3, -0.25) is 9.59 Å². The van der Waals surface area contributed by atoms with E-state index in [0.717, 1.165) is 35.2 Å². The molecule has 2 amide bonds. The summed E-state index contributed by atoms with van der Waals surface area (Å²) in [6, 6.07) is 21.9. The van der Waals surface area contributed by atoms with Gasteiger partial charge in [-0.2, -0.15) is 0 Å². The van der Waals surface area contributed by atoms with Crippen molar-refractivity contribution in [1.29, 1.82) is 0 Å². The number of anilines is 2. The van der Waals surface area contributed by atoms with Crippen molar-refractivity contribution >= 4 is 23.2 Å². The molecule has 3 aromatic carbocycles. The zero-order valence-electron chi connectivity index (χ0n) is 18.0. The number of aryl methyl sites for hydroxylation is 1. The summed E-state index contributed by atoms with van der Waals surface area (Å²) >= 11 is 0. The van der Waals surface area contributed by atoms with Crippen LogP contribution in [0.15, 0.2) is 77.2 Å². The summed E-state index contributed by atoms with van der Waals surface area (Å²) in [7, 11) is 0. The summed E-state index contributed by atoms with van der Waals surface area (Å²) in [5.41, 5.74) is 4.58. The zero-order chi connectivity index (χ0) is 22.8. The Morgan fingerprint density at radius 3 is 2.09 bits per heavy atom. The van der Waals surface area contributed by atoms with Crippen LogP contribution in [0, 0.1) is 12.8 Å². The molecule has 0 aliphatic heterocycles. The van der Waals surface area contributed by atoms with E-state index in [1.807, 2.05) is 31.2 Å². The second-order valence-electron chi connectivity index (χ2n) is 8.15. The molecule has 0 spiro atoms. The molecule has 2 N–H and O–H groups in total. The molecule has 0 unspecified atom stereocenters. The first-order valence-electron chi connectivity index (χ1n) is 10.8. The normalized spacial score (nSPS) is 12.9. The first-order chi connectivity index (χ1) is 16.0. The van der Waals surface area contributed by atoms with Gasteiger partial charge in [-0.15, -0.1) is 10.2 Å². The van der Waals surface area contributed by atoms with Crippen LogP contribution in [0.3, 0.4) is 0 Å². The molecule has 1 aliphatic rings. The minimum absolute atomic E-state index is 0.0547. The van der Waals surface area contributed by atoms with Gasteiger partial charge in [0.15, 0.2) is 0 Å². The highest BCUT2D eigenvalue weighted by atomic mass is 16.4. The summed E-state index contributed by atoms with van der Waals surface area (Å²) in [6.07, 6.45) is 1.91. The predicted octanol–water partition coefficient (Wildman–Crippen LogP) is 5.31. The first-order valence-corrected chi connectivity index (χ1v) is 10.8. The second-order valence-corrected chi connectivity index (χ2v) is 8.15. The number of amides is 2. The highest BCUT2D eigenvalue weighted by Gasteiger charge is 2.29. The number of hydrogen-bond acceptors (Lipinski definition) is 5. The van der Waals surface area contributed by atoms with Crippen molar-refractivity contribution in [3.8, 4) is 22.9 Å². The third kappa shape index (κ3) is 4.82. The van der Waals surface area contributed by atoms with E-state index in [9.17, 15) is 9.59 Å². The maximum absolute atomic E-state index is 12.6. The average molecular weight is 438 g/mol. The van der Waals surface area contributed by atoms with Crippen molar-refractivity contribution in [1.82, 2.24) is 10.2 Å². The summed E-state index contributed by atoms with van der Waals surface area (Å²) < 4.78 is 5.81. The van der Waals surface area contributed by atoms with E-state index in [4.69, 9.17) is 4.42 Å². The number of nitrogens with zero attached hydrogens (tertiary/aromatic N) is 2. The van der Waals surface area contributed by atoms with E-state index in [-0.39, 0.29) is 17.7 Å². The summed E-state index contributed by atoms with van der Waals surface area (Å²) in [4.78, 5) is 24.5. The average Bonchev–Trinajstić information content (AvgIpc) is 3.57. The monoisotopic (exact) mass is 438 g/mol. The SMILES string of the molecule is Cc1cccc(-c2nnc(-c3ccc(C(=O)Nc4ccc(NC(=O)C5CC5)cc4)cc3)o2)c1. The third-order valence-electron chi connectivity index (χ3n) is 5.44. The molecule has 164 valence electrons. The fourth-order valence-electron chi connectivity index (χ4n) is 3.43. The van der Waals surface area contributed by atoms with Gasteiger partial charge in [0, 0.05) is 34.0 Å². The lowest BCUT2D eigenvalue weighted by molar-refractivity contribution is -0.117. The number of hydrogen-bond donors (Lipinski definition) is 2. The lowest BCUT2D eigenvalue weighted by atomic mass is 10.1. The van der Waals surface area contributed by atoms with Crippen molar-refractivity contribution in [2.45, 2.75) is 19.8 Å². The highest BCUT2D eigenvalue weighted by Crippen LogP contribution is 2.30. The lowest BCUT2D eigenvalue weighted by Gasteiger charge is -2.08. The van der Waals surface area contributed by atoms with Crippen LogP contribution in [-0.2, 0) is 4.79 Å². The van der Waals surface area contributed by atoms with Crippen LogP contribution in [-0.4, -0.2) is 22.0 Å². The van der Waals surface area contributed by atoms with Crippen LogP contribution < -0.4 is 10.6 Å². The molecule has 0 bridgehead atoms. The Labute approximate surface area is 190 Å². The van der Waals surface area contributed by atoms with Gasteiger partial charge < -0.3 is 15.1 Å². The minimum Gasteiger partial charge on any atom is -0.416 e. The molecule has 7 heteroatoms. The van der Waals surface area contributed by atoms with Crippen LogP contribution in [0.4, 0.5) is 11.4 Å². The van der Waals surface area contributed by atoms with Crippen LogP contribution >= 0.6 is 0 Å². The third-order valence-corrected chi connectivity index (χ3v) is 5.44. The molecule has 1 aromatic heterocycles. The van der Waals surface area contributed by atoms with Crippen molar-refractivity contribution < 1.29 is 14.0 Å². The van der Waals surface area contributed by atoms with Gasteiger partial charge in [-0.25, -0.2) is 0 Å². The molecule has 0 radical (unpaired) electrons. The van der Waals surface area contributed by atoms with Crippen LogP contribution in [0.25, 0.3) is 22.9 Å². The Bertz CT molecular complexity index is 1310. The standard InChI is InChI=1S/C26H22N4O3/c1-16-3-2-4-20(15-16)26-30-29-25(33-26)19-9-7-18(8-10-19)24(32)28-22-13-11-21(12-14-22)27-23(31)17-5-6-17/h2-4,7-15,17H,5-6H2,1H3,(H,27,31)(H,28,32). The molecular formula is C26H22N4O3. The minimum atomic E-state index is -0.234. The van der Waals surface area contributed by atoms with E-state index < -0.39 is 0 Å². The number of nitrogens with one attached hydrogen (secondary N) is 2. The van der Waals surface area contributed by atoms with Gasteiger partial charge in [0.2, 0.25) is 17.7 Å². The molecule has 1 fully saturated rings. The molecule has 1 saturated carbocycles. The van der Waals surface area contributed by atoms with Gasteiger partial charge in [0.05, 0.1) is 0 Å². The zero-order valence-corrected chi connectivity index (χ0v) is 18.0. The number of carbonyl (C=O) groups excluding carboxylic acids is 2. The second kappa shape index (κ2) is 8.70. The molecular weight excluding hydrogens is 416 g/mol. The van der Waals surface area contributed by atoms with Crippen LogP contribution in [0.2, 0.25) is 0 Å². The predicted molar refractivity (Wildman–Crippen MR) is 126 cm³/mol. The van der Waals surface area contributed by atoms with Crippen molar-refractivity contribution in [3.63, 3.8) is 0 Å². The highest BCUT2D eigenvalue weighted by molar-refractivity contribution is 6.04. The van der Waals surface area contributed by atoms with Gasteiger partial charge in [0.1, 0.15) is 0 Å². The molecule has 7 nitrogen and oxygen atoms in total. The van der Waals surface area contributed by atoms with Gasteiger partial charge in [-0.1, -0.05) is 17.7 Å². The maximum Gasteiger partial charge on any atom is 0.255 e. The van der Waals surface area contributed by atoms with Gasteiger partial charge >= 0.3 is 0 Å². The molecule has 33 heavy (non-hydrogen) atoms. The molecule has 0 atom stereocenters. The van der Waals surface area contributed by atoms with Crippen molar-refractivity contribution in [3.05, 3.63) is 83.9 Å². The largest absolute Gasteiger partial charge is 0.416 e. The molecule has 4 aromatic rings. The van der Waals surface area contributed by atoms with E-state index in [1.54, 1.807) is 48.5 Å². The summed E-state index contributed by atoms with van der Waals surface area (Å²) in [6.45, 7) is 2.01. The van der Waals surface area contributed by atoms with Crippen LogP contribution in [0.5, 0.6) is 0 Å². The Kier molecular flexibility index (Phi) is 5.44. The number of rotatable bonds is 6. The van der Waals surface area contributed by atoms with Crippen LogP contribution in [0.1, 0.15) is 28.8 Å². The smallest absolute Gasteiger partial charge is 0.255 e. The summed E-state index contributed by atoms with van der Waals surface area (Å²) in [5.74, 6) is 0.810. The lowest BCUT2D eigenvalue weighted by Crippen LogP contribution is -2.14. The topological polar surface area (TPSA) is 97.1 Å². The van der Waals surface area contributed by atoms with Gasteiger partial charge in [-0.05, 0) is 80.4 Å². The molecule has 0 saturated heterocycles.